The van der Waals surface area contributed by atoms with Gasteiger partial charge in [-0.3, -0.25) is 9.69 Å². The zero-order valence-electron chi connectivity index (χ0n) is 16.6. The highest BCUT2D eigenvalue weighted by molar-refractivity contribution is 8.27. The van der Waals surface area contributed by atoms with Crippen molar-refractivity contribution in [3.8, 4) is 5.75 Å². The molecule has 1 saturated heterocycles. The summed E-state index contributed by atoms with van der Waals surface area (Å²) in [6.45, 7) is 0.0972. The summed E-state index contributed by atoms with van der Waals surface area (Å²) in [6.07, 6.45) is 3.76. The number of hydrogen-bond donors (Lipinski definition) is 0. The number of halogens is 1. The molecule has 0 aromatic heterocycles. The van der Waals surface area contributed by atoms with Crippen molar-refractivity contribution in [3.63, 3.8) is 0 Å². The maximum atomic E-state index is 13.9. The van der Waals surface area contributed by atoms with Gasteiger partial charge in [0.1, 0.15) is 18.2 Å². The Labute approximate surface area is 194 Å². The Kier molecular flexibility index (Phi) is 6.75. The van der Waals surface area contributed by atoms with Gasteiger partial charge in [-0.2, -0.15) is 0 Å². The van der Waals surface area contributed by atoms with Gasteiger partial charge < -0.3 is 4.74 Å². The molecule has 0 spiro atoms. The van der Waals surface area contributed by atoms with Crippen LogP contribution in [0.1, 0.15) is 11.1 Å². The van der Waals surface area contributed by atoms with Crippen LogP contribution in [0.2, 0.25) is 0 Å². The first-order valence-electron chi connectivity index (χ1n) is 9.44. The van der Waals surface area contributed by atoms with Crippen LogP contribution in [-0.4, -0.2) is 16.5 Å². The number of amides is 1. The van der Waals surface area contributed by atoms with Gasteiger partial charge in [0.2, 0.25) is 0 Å². The minimum Gasteiger partial charge on any atom is -0.488 e. The predicted octanol–water partition coefficient (Wildman–Crippen LogP) is 6.53. The van der Waals surface area contributed by atoms with Crippen molar-refractivity contribution >= 4 is 57.7 Å². The van der Waals surface area contributed by atoms with Gasteiger partial charge in [-0.15, -0.1) is 11.8 Å². The smallest absolute Gasteiger partial charge is 0.270 e. The van der Waals surface area contributed by atoms with Gasteiger partial charge in [-0.05, 0) is 42.7 Å². The van der Waals surface area contributed by atoms with E-state index >= 15 is 0 Å². The highest BCUT2D eigenvalue weighted by atomic mass is 32.2. The van der Waals surface area contributed by atoms with Crippen molar-refractivity contribution in [1.29, 1.82) is 0 Å². The second-order valence-electron chi connectivity index (χ2n) is 6.64. The van der Waals surface area contributed by atoms with E-state index in [2.05, 4.69) is 0 Å². The lowest BCUT2D eigenvalue weighted by Crippen LogP contribution is -2.27. The summed E-state index contributed by atoms with van der Waals surface area (Å²) >= 11 is 8.35. The van der Waals surface area contributed by atoms with E-state index in [1.54, 1.807) is 47.0 Å². The molecular weight excluding hydrogens is 449 g/mol. The van der Waals surface area contributed by atoms with Gasteiger partial charge in [0.25, 0.3) is 5.91 Å². The average molecular weight is 468 g/mol. The maximum Gasteiger partial charge on any atom is 0.270 e. The predicted molar refractivity (Wildman–Crippen MR) is 131 cm³/mol. The number of thiocarbonyl (C=S) groups is 1. The van der Waals surface area contributed by atoms with Crippen LogP contribution in [0, 0.1) is 5.82 Å². The number of thioether (sulfide) groups is 2. The fourth-order valence-corrected chi connectivity index (χ4v) is 4.83. The van der Waals surface area contributed by atoms with Crippen LogP contribution in [0.5, 0.6) is 5.75 Å². The molecule has 1 aliphatic rings. The molecule has 1 fully saturated rings. The molecule has 0 radical (unpaired) electrons. The van der Waals surface area contributed by atoms with Crippen LogP contribution in [-0.2, 0) is 11.4 Å². The molecule has 0 saturated carbocycles. The van der Waals surface area contributed by atoms with E-state index in [9.17, 15) is 9.18 Å². The molecule has 0 bridgehead atoms. The third-order valence-corrected chi connectivity index (χ3v) is 6.68. The second-order valence-corrected chi connectivity index (χ2v) is 9.19. The molecule has 4 rings (SSSR count). The first kappa shape index (κ1) is 21.6. The van der Waals surface area contributed by atoms with Gasteiger partial charge in [0.15, 0.2) is 4.32 Å². The largest absolute Gasteiger partial charge is 0.488 e. The van der Waals surface area contributed by atoms with Crippen molar-refractivity contribution in [1.82, 2.24) is 0 Å². The minimum atomic E-state index is -0.312. The molecule has 1 heterocycles. The lowest BCUT2D eigenvalue weighted by molar-refractivity contribution is -0.113. The summed E-state index contributed by atoms with van der Waals surface area (Å²) in [7, 11) is 0. The number of benzene rings is 3. The summed E-state index contributed by atoms with van der Waals surface area (Å²) in [5.74, 6) is 0.0888. The number of carbonyl (C=O) groups is 1. The van der Waals surface area contributed by atoms with E-state index in [0.717, 1.165) is 16.1 Å². The van der Waals surface area contributed by atoms with Crippen molar-refractivity contribution in [2.75, 3.05) is 11.2 Å². The molecular formula is C24H18FNO2S3. The summed E-state index contributed by atoms with van der Waals surface area (Å²) in [5, 5.41) is 0. The molecule has 0 unspecified atom stereocenters. The molecule has 0 aliphatic carbocycles. The van der Waals surface area contributed by atoms with Crippen LogP contribution >= 0.6 is 35.7 Å². The van der Waals surface area contributed by atoms with E-state index in [4.69, 9.17) is 17.0 Å². The Balaban J connectivity index is 1.58. The number of carbonyl (C=O) groups excluding carboxylic acids is 1. The molecule has 3 aromatic carbocycles. The van der Waals surface area contributed by atoms with Crippen LogP contribution in [0.25, 0.3) is 6.08 Å². The van der Waals surface area contributed by atoms with Gasteiger partial charge in [0.05, 0.1) is 10.6 Å². The zero-order valence-corrected chi connectivity index (χ0v) is 19.0. The van der Waals surface area contributed by atoms with E-state index in [1.165, 1.54) is 17.8 Å². The van der Waals surface area contributed by atoms with Crippen LogP contribution in [0.15, 0.2) is 82.6 Å². The van der Waals surface area contributed by atoms with Crippen molar-refractivity contribution < 1.29 is 13.9 Å². The van der Waals surface area contributed by atoms with Crippen molar-refractivity contribution in [3.05, 3.63) is 94.6 Å². The first-order valence-corrected chi connectivity index (χ1v) is 11.9. The molecule has 0 atom stereocenters. The highest BCUT2D eigenvalue weighted by Crippen LogP contribution is 2.38. The fourth-order valence-electron chi connectivity index (χ4n) is 3.08. The maximum absolute atomic E-state index is 13.9. The Morgan fingerprint density at radius 3 is 2.68 bits per heavy atom. The molecule has 1 aliphatic heterocycles. The van der Waals surface area contributed by atoms with Gasteiger partial charge in [-0.25, -0.2) is 4.39 Å². The molecule has 7 heteroatoms. The molecule has 3 nitrogen and oxygen atoms in total. The third kappa shape index (κ3) is 4.84. The first-order chi connectivity index (χ1) is 15.1. The van der Waals surface area contributed by atoms with Gasteiger partial charge in [-0.1, -0.05) is 66.4 Å². The lowest BCUT2D eigenvalue weighted by Gasteiger charge is -2.15. The van der Waals surface area contributed by atoms with Gasteiger partial charge >= 0.3 is 0 Å². The monoisotopic (exact) mass is 467 g/mol. The summed E-state index contributed by atoms with van der Waals surface area (Å²) in [5.41, 5.74) is 1.95. The minimum absolute atomic E-state index is 0.0972. The Morgan fingerprint density at radius 2 is 1.87 bits per heavy atom. The molecule has 3 aromatic rings. The quantitative estimate of drug-likeness (QED) is 0.234. The number of rotatable bonds is 6. The lowest BCUT2D eigenvalue weighted by atomic mass is 10.1. The van der Waals surface area contributed by atoms with E-state index < -0.39 is 0 Å². The second kappa shape index (κ2) is 9.68. The Bertz CT molecular complexity index is 1180. The van der Waals surface area contributed by atoms with E-state index in [0.29, 0.717) is 20.5 Å². The Morgan fingerprint density at radius 1 is 1.10 bits per heavy atom. The molecule has 156 valence electrons. The topological polar surface area (TPSA) is 29.5 Å². The third-order valence-electron chi connectivity index (χ3n) is 4.65. The van der Waals surface area contributed by atoms with Crippen LogP contribution in [0.4, 0.5) is 10.1 Å². The Hall–Kier alpha value is -2.61. The summed E-state index contributed by atoms with van der Waals surface area (Å²) in [4.78, 5) is 16.2. The number of nitrogens with zero attached hydrogens (tertiary/aromatic N) is 1. The van der Waals surface area contributed by atoms with Crippen molar-refractivity contribution in [2.45, 2.75) is 11.5 Å². The van der Waals surface area contributed by atoms with E-state index in [-0.39, 0.29) is 18.3 Å². The fraction of sp³-hybridized carbons (Fsp3) is 0.0833. The normalized spacial score (nSPS) is 15.0. The van der Waals surface area contributed by atoms with Crippen LogP contribution < -0.4 is 9.64 Å². The highest BCUT2D eigenvalue weighted by Gasteiger charge is 2.33. The average Bonchev–Trinajstić information content (AvgIpc) is 3.07. The standard InChI is InChI=1S/C24H18FNO2S3/c1-30-19-10-6-9-18(14-19)26-23(27)22(31-24(26)29)13-16-7-3-5-12-21(16)28-15-17-8-2-4-11-20(17)25/h2-14H,15H2,1H3/b22-13+. The van der Waals surface area contributed by atoms with Crippen molar-refractivity contribution in [2.24, 2.45) is 0 Å². The number of ether oxygens (including phenoxy) is 1. The SMILES string of the molecule is CSc1cccc(N2C(=O)/C(=C\c3ccccc3OCc3ccccc3F)SC2=S)c1. The zero-order chi connectivity index (χ0) is 21.8. The number of anilines is 1. The summed E-state index contributed by atoms with van der Waals surface area (Å²) in [6, 6.07) is 21.6. The number of hydrogen-bond acceptors (Lipinski definition) is 5. The molecule has 31 heavy (non-hydrogen) atoms. The summed E-state index contributed by atoms with van der Waals surface area (Å²) < 4.78 is 20.3. The molecule has 0 N–H and O–H groups in total. The number of para-hydroxylation sites is 1. The van der Waals surface area contributed by atoms with Crippen LogP contribution in [0.3, 0.4) is 0 Å². The van der Waals surface area contributed by atoms with Gasteiger partial charge in [0, 0.05) is 16.0 Å². The molecule has 1 amide bonds. The van der Waals surface area contributed by atoms with E-state index in [1.807, 2.05) is 48.7 Å².